The van der Waals surface area contributed by atoms with Crippen LogP contribution < -0.4 is 15.6 Å². The summed E-state index contributed by atoms with van der Waals surface area (Å²) in [6, 6.07) is 5.74. The van der Waals surface area contributed by atoms with Gasteiger partial charge in [-0.2, -0.15) is 23.0 Å². The maximum atomic E-state index is 13.6. The number of carbonyl (C=O) groups is 2. The van der Waals surface area contributed by atoms with Crippen LogP contribution in [0.3, 0.4) is 0 Å². The molecule has 1 N–H and O–H groups in total. The van der Waals surface area contributed by atoms with Crippen LogP contribution in [-0.2, 0) is 28.9 Å². The van der Waals surface area contributed by atoms with Gasteiger partial charge in [0.2, 0.25) is 0 Å². The Morgan fingerprint density at radius 3 is 2.57 bits per heavy atom. The second kappa shape index (κ2) is 10.6. The molecule has 2 aromatic carbocycles. The Bertz CT molecular complexity index is 1330. The number of anilines is 1. The Morgan fingerprint density at radius 2 is 1.94 bits per heavy atom. The number of benzene rings is 2. The van der Waals surface area contributed by atoms with Gasteiger partial charge >= 0.3 is 6.18 Å². The van der Waals surface area contributed by atoms with Gasteiger partial charge in [-0.05, 0) is 42.3 Å². The Balaban J connectivity index is 2.01. The molecular formula is C22H16ClF4N3O5. The van der Waals surface area contributed by atoms with Gasteiger partial charge in [-0.15, -0.1) is 0 Å². The van der Waals surface area contributed by atoms with Gasteiger partial charge in [-0.25, -0.2) is 4.39 Å². The molecule has 0 unspecified atom stereocenters. The predicted molar refractivity (Wildman–Crippen MR) is 116 cm³/mol. The zero-order valence-electron chi connectivity index (χ0n) is 17.9. The standard InChI is InChI=1S/C22H16ClF4N3O5/c1-2-12-5-13(24)3-4-18(12)35-19-8-16(22(25,26)27)17(23)7-15(19)21(33)29-14-6-20(32)30(28-9-14)10-34-11-31/h3-9,11H,2,10H2,1H3,(H,29,33). The predicted octanol–water partition coefficient (Wildman–Crippen LogP) is 4.79. The highest BCUT2D eigenvalue weighted by molar-refractivity contribution is 6.32. The number of hydrogen-bond donors (Lipinski definition) is 1. The molecule has 0 aliphatic carbocycles. The molecule has 13 heteroatoms. The molecule has 35 heavy (non-hydrogen) atoms. The molecular weight excluding hydrogens is 498 g/mol. The first kappa shape index (κ1) is 25.7. The zero-order valence-corrected chi connectivity index (χ0v) is 18.6. The molecule has 3 rings (SSSR count). The lowest BCUT2D eigenvalue weighted by atomic mass is 10.1. The summed E-state index contributed by atoms with van der Waals surface area (Å²) in [4.78, 5) is 35.2. The van der Waals surface area contributed by atoms with Crippen LogP contribution in [0.1, 0.15) is 28.4 Å². The van der Waals surface area contributed by atoms with E-state index in [0.717, 1.165) is 35.1 Å². The molecule has 0 aliphatic heterocycles. The molecule has 8 nitrogen and oxygen atoms in total. The molecule has 1 amide bonds. The van der Waals surface area contributed by atoms with Crippen molar-refractivity contribution in [2.24, 2.45) is 0 Å². The molecule has 0 atom stereocenters. The normalized spacial score (nSPS) is 11.1. The number of nitrogens with one attached hydrogen (secondary N) is 1. The van der Waals surface area contributed by atoms with Crippen molar-refractivity contribution in [3.63, 3.8) is 0 Å². The second-order valence-corrected chi connectivity index (χ2v) is 7.37. The van der Waals surface area contributed by atoms with Crippen molar-refractivity contribution in [3.05, 3.63) is 80.5 Å². The first-order chi connectivity index (χ1) is 16.5. The van der Waals surface area contributed by atoms with Gasteiger partial charge in [-0.3, -0.25) is 14.4 Å². The van der Waals surface area contributed by atoms with Crippen molar-refractivity contribution in [2.45, 2.75) is 26.3 Å². The van der Waals surface area contributed by atoms with Gasteiger partial charge in [0.05, 0.1) is 28.0 Å². The Morgan fingerprint density at radius 1 is 1.20 bits per heavy atom. The molecule has 0 bridgehead atoms. The van der Waals surface area contributed by atoms with Gasteiger partial charge in [0, 0.05) is 6.07 Å². The molecule has 0 saturated carbocycles. The fourth-order valence-corrected chi connectivity index (χ4v) is 3.24. The zero-order chi connectivity index (χ0) is 25.8. The van der Waals surface area contributed by atoms with Gasteiger partial charge in [0.1, 0.15) is 17.3 Å². The monoisotopic (exact) mass is 513 g/mol. The van der Waals surface area contributed by atoms with Gasteiger partial charge in [0.25, 0.3) is 17.9 Å². The number of halogens is 5. The molecule has 0 saturated heterocycles. The van der Waals surface area contributed by atoms with Crippen LogP contribution in [0, 0.1) is 5.82 Å². The SMILES string of the molecule is CCc1cc(F)ccc1Oc1cc(C(F)(F)F)c(Cl)cc1C(=O)Nc1cnn(COC=O)c(=O)c1. The van der Waals surface area contributed by atoms with Crippen LogP contribution in [0.15, 0.2) is 47.4 Å². The fraction of sp³-hybridized carbons (Fsp3) is 0.182. The third-order valence-corrected chi connectivity index (χ3v) is 4.95. The van der Waals surface area contributed by atoms with E-state index in [9.17, 15) is 31.9 Å². The Kier molecular flexibility index (Phi) is 7.75. The van der Waals surface area contributed by atoms with Crippen LogP contribution >= 0.6 is 11.6 Å². The molecule has 3 aromatic rings. The summed E-state index contributed by atoms with van der Waals surface area (Å²) in [6.45, 7) is 1.35. The number of ether oxygens (including phenoxy) is 2. The van der Waals surface area contributed by atoms with E-state index in [1.807, 2.05) is 0 Å². The summed E-state index contributed by atoms with van der Waals surface area (Å²) in [6.07, 6.45) is -3.49. The number of aryl methyl sites for hydroxylation is 1. The average Bonchev–Trinajstić information content (AvgIpc) is 2.79. The lowest BCUT2D eigenvalue weighted by Gasteiger charge is -2.17. The van der Waals surface area contributed by atoms with E-state index in [1.54, 1.807) is 6.92 Å². The summed E-state index contributed by atoms with van der Waals surface area (Å²) < 4.78 is 64.7. The number of amides is 1. The molecule has 184 valence electrons. The molecule has 0 radical (unpaired) electrons. The average molecular weight is 514 g/mol. The molecule has 0 aliphatic rings. The Hall–Kier alpha value is -3.93. The summed E-state index contributed by atoms with van der Waals surface area (Å²) in [5.41, 5.74) is -2.11. The maximum absolute atomic E-state index is 13.6. The molecule has 0 spiro atoms. The van der Waals surface area contributed by atoms with Crippen LogP contribution in [0.5, 0.6) is 11.5 Å². The second-order valence-electron chi connectivity index (χ2n) is 6.96. The van der Waals surface area contributed by atoms with E-state index in [4.69, 9.17) is 16.3 Å². The topological polar surface area (TPSA) is 99.5 Å². The van der Waals surface area contributed by atoms with Crippen molar-refractivity contribution in [3.8, 4) is 11.5 Å². The molecule has 1 aromatic heterocycles. The Labute approximate surface area is 200 Å². The lowest BCUT2D eigenvalue weighted by Crippen LogP contribution is -2.24. The number of aromatic nitrogens is 2. The summed E-state index contributed by atoms with van der Waals surface area (Å²) in [5.74, 6) is -1.99. The quantitative estimate of drug-likeness (QED) is 0.343. The van der Waals surface area contributed by atoms with E-state index < -0.39 is 46.5 Å². The minimum atomic E-state index is -4.85. The van der Waals surface area contributed by atoms with E-state index in [2.05, 4.69) is 15.2 Å². The third kappa shape index (κ3) is 6.15. The number of nitrogens with zero attached hydrogens (tertiary/aromatic N) is 2. The van der Waals surface area contributed by atoms with Crippen LogP contribution in [0.2, 0.25) is 5.02 Å². The van der Waals surface area contributed by atoms with Crippen LogP contribution in [-0.4, -0.2) is 22.2 Å². The number of rotatable bonds is 8. The number of carbonyl (C=O) groups excluding carboxylic acids is 2. The van der Waals surface area contributed by atoms with Crippen molar-refractivity contribution < 1.29 is 36.6 Å². The third-order valence-electron chi connectivity index (χ3n) is 4.63. The smallest absolute Gasteiger partial charge is 0.417 e. The van der Waals surface area contributed by atoms with Gasteiger partial charge in [0.15, 0.2) is 6.73 Å². The van der Waals surface area contributed by atoms with Crippen molar-refractivity contribution in [2.75, 3.05) is 5.32 Å². The minimum Gasteiger partial charge on any atom is -0.456 e. The minimum absolute atomic E-state index is 0.0397. The molecule has 0 fully saturated rings. The van der Waals surface area contributed by atoms with Gasteiger partial charge < -0.3 is 14.8 Å². The van der Waals surface area contributed by atoms with E-state index in [1.165, 1.54) is 6.07 Å². The summed E-state index contributed by atoms with van der Waals surface area (Å²) in [7, 11) is 0. The fourth-order valence-electron chi connectivity index (χ4n) is 2.97. The van der Waals surface area contributed by atoms with Crippen LogP contribution in [0.25, 0.3) is 0 Å². The van der Waals surface area contributed by atoms with Crippen molar-refractivity contribution >= 4 is 29.7 Å². The van der Waals surface area contributed by atoms with Crippen molar-refractivity contribution in [1.82, 2.24) is 9.78 Å². The highest BCUT2D eigenvalue weighted by Gasteiger charge is 2.35. The number of hydrogen-bond acceptors (Lipinski definition) is 6. The summed E-state index contributed by atoms with van der Waals surface area (Å²) >= 11 is 5.80. The highest BCUT2D eigenvalue weighted by Crippen LogP contribution is 2.40. The number of alkyl halides is 3. The maximum Gasteiger partial charge on any atom is 0.417 e. The first-order valence-electron chi connectivity index (χ1n) is 9.84. The van der Waals surface area contributed by atoms with Gasteiger partial charge in [-0.1, -0.05) is 18.5 Å². The van der Waals surface area contributed by atoms with Crippen molar-refractivity contribution in [1.29, 1.82) is 0 Å². The lowest BCUT2D eigenvalue weighted by molar-refractivity contribution is -0.137. The summed E-state index contributed by atoms with van der Waals surface area (Å²) in [5, 5.41) is 5.28. The highest BCUT2D eigenvalue weighted by atomic mass is 35.5. The largest absolute Gasteiger partial charge is 0.456 e. The first-order valence-corrected chi connectivity index (χ1v) is 10.2. The van der Waals surface area contributed by atoms with E-state index in [-0.39, 0.29) is 23.5 Å². The van der Waals surface area contributed by atoms with E-state index >= 15 is 0 Å². The van der Waals surface area contributed by atoms with E-state index in [0.29, 0.717) is 18.1 Å². The van der Waals surface area contributed by atoms with Crippen LogP contribution in [0.4, 0.5) is 23.2 Å². The molecule has 1 heterocycles.